The van der Waals surface area contributed by atoms with Gasteiger partial charge in [-0.2, -0.15) is 0 Å². The Bertz CT molecular complexity index is 2330. The monoisotopic (exact) mass is 779 g/mol. The van der Waals surface area contributed by atoms with Crippen LogP contribution in [0.25, 0.3) is 0 Å². The molecule has 0 aromatic heterocycles. The minimum atomic E-state index is -1.05. The fourth-order valence-corrected chi connectivity index (χ4v) is 10.8. The van der Waals surface area contributed by atoms with Gasteiger partial charge in [0.15, 0.2) is 11.5 Å². The zero-order valence-electron chi connectivity index (χ0n) is 32.8. The normalized spacial score (nSPS) is 33.5. The fourth-order valence-electron chi connectivity index (χ4n) is 10.8. The zero-order chi connectivity index (χ0) is 39.7. The van der Waals surface area contributed by atoms with Crippen LogP contribution in [0.5, 0.6) is 11.5 Å². The third-order valence-electron chi connectivity index (χ3n) is 13.9. The van der Waals surface area contributed by atoms with Crippen LogP contribution in [0, 0.1) is 47.0 Å². The van der Waals surface area contributed by atoms with Gasteiger partial charge in [-0.25, -0.2) is 0 Å². The van der Waals surface area contributed by atoms with Crippen LogP contribution in [0.4, 0.5) is 0 Å². The number of carbonyl (C=O) groups excluding carboxylic acids is 1. The summed E-state index contributed by atoms with van der Waals surface area (Å²) in [5.74, 6) is 10.9. The second-order valence-corrected chi connectivity index (χ2v) is 17.6. The van der Waals surface area contributed by atoms with E-state index in [9.17, 15) is 20.1 Å². The standard InChI is InChI=1S/C48H50N4O6/c1-27-4-9-32(40(55)20-27)41(56)22-30(53)8-5-28-6-15-42-43(21-28)58-47-37(48(18-19-57-42)16-2-3-17-48)13-14-39(54)33-11-12-34-44-29(23-51-46(34)49)7-10-31(45(33)44)35-24-50-38-26-52(47)25-36(35)38/h4,6-7,9-12,15,21,24,26-27,29,31-32,37,39-41,46-47,51,54-56H,2-3,5,8,16-17,20,22-23,25,49H2,1H3/p+1. The van der Waals surface area contributed by atoms with Crippen LogP contribution < -0.4 is 25.4 Å². The van der Waals surface area contributed by atoms with Gasteiger partial charge >= 0.3 is 0 Å². The minimum absolute atomic E-state index is 0.0147. The molecule has 10 heteroatoms. The number of aliphatic hydroxyl groups is 3. The highest BCUT2D eigenvalue weighted by atomic mass is 16.5. The van der Waals surface area contributed by atoms with E-state index in [4.69, 9.17) is 20.2 Å². The number of ether oxygens (including phenoxy) is 2. The largest absolute Gasteiger partial charge is 0.437 e. The summed E-state index contributed by atoms with van der Waals surface area (Å²) in [5, 5.41) is 37.0. The van der Waals surface area contributed by atoms with Gasteiger partial charge in [0, 0.05) is 48.9 Å². The van der Waals surface area contributed by atoms with Crippen molar-refractivity contribution in [3.8, 4) is 35.4 Å². The van der Waals surface area contributed by atoms with Crippen LogP contribution in [0.2, 0.25) is 0 Å². The molecule has 5 heterocycles. The van der Waals surface area contributed by atoms with E-state index in [1.807, 2.05) is 49.6 Å². The first-order valence-corrected chi connectivity index (χ1v) is 21.1. The molecule has 1 spiro atoms. The van der Waals surface area contributed by atoms with E-state index in [2.05, 4.69) is 53.6 Å². The summed E-state index contributed by atoms with van der Waals surface area (Å²) >= 11 is 0. The SMILES string of the molecule is CC1C=CC(C(O)CC(=O)CCc2ccc3c(c2)OC2C(C#CC(O)c4ccc5c6c4C(C=CC6CNC5N)C4=C5C[NH+]2C=C5N=C4)C2(C#CO3)CCCC2)C(O)C1. The van der Waals surface area contributed by atoms with E-state index in [0.29, 0.717) is 30.9 Å². The van der Waals surface area contributed by atoms with Crippen molar-refractivity contribution in [2.24, 2.45) is 33.9 Å². The van der Waals surface area contributed by atoms with Crippen LogP contribution in [-0.2, 0) is 11.2 Å². The van der Waals surface area contributed by atoms with E-state index >= 15 is 0 Å². The summed E-state index contributed by atoms with van der Waals surface area (Å²) < 4.78 is 13.3. The quantitative estimate of drug-likeness (QED) is 0.191. The van der Waals surface area contributed by atoms with Crippen LogP contribution in [0.15, 0.2) is 82.7 Å². The van der Waals surface area contributed by atoms with E-state index in [0.717, 1.165) is 70.7 Å². The number of allylic oxidation sites excluding steroid dienone is 3. The highest BCUT2D eigenvalue weighted by Gasteiger charge is 2.51. The van der Waals surface area contributed by atoms with Crippen molar-refractivity contribution in [1.29, 1.82) is 0 Å². The number of aliphatic imine (C=N–C) groups is 1. The van der Waals surface area contributed by atoms with Gasteiger partial charge < -0.3 is 30.5 Å². The number of nitrogens with one attached hydrogen (secondary N) is 2. The topological polar surface area (TPSA) is 151 Å². The molecule has 298 valence electrons. The molecule has 1 saturated carbocycles. The number of hydrogen-bond donors (Lipinski definition) is 6. The Hall–Kier alpha value is -4.78. The predicted molar refractivity (Wildman–Crippen MR) is 218 cm³/mol. The van der Waals surface area contributed by atoms with Crippen molar-refractivity contribution in [2.75, 3.05) is 13.1 Å². The Morgan fingerprint density at radius 3 is 2.76 bits per heavy atom. The van der Waals surface area contributed by atoms with Gasteiger partial charge in [-0.3, -0.25) is 20.0 Å². The fraction of sp³-hybridized carbons (Fsp3) is 0.458. The molecular formula is C48H51N4O6+. The van der Waals surface area contributed by atoms with Crippen molar-refractivity contribution < 1.29 is 34.5 Å². The molecular weight excluding hydrogens is 729 g/mol. The van der Waals surface area contributed by atoms with Crippen LogP contribution in [0.3, 0.4) is 0 Å². The van der Waals surface area contributed by atoms with Gasteiger partial charge in [0.25, 0.3) is 6.23 Å². The molecule has 2 bridgehead atoms. The lowest BCUT2D eigenvalue weighted by Crippen LogP contribution is -3.12. The number of aryl methyl sites for hydroxylation is 1. The maximum atomic E-state index is 13.2. The number of hydrogen-bond acceptors (Lipinski definition) is 9. The maximum Gasteiger partial charge on any atom is 0.252 e. The number of nitrogens with zero attached hydrogens (tertiary/aromatic N) is 1. The number of fused-ring (bicyclic) bond motifs is 6. The van der Waals surface area contributed by atoms with Gasteiger partial charge in [0.1, 0.15) is 42.4 Å². The molecule has 1 fully saturated rings. The van der Waals surface area contributed by atoms with E-state index < -0.39 is 41.8 Å². The summed E-state index contributed by atoms with van der Waals surface area (Å²) in [6, 6.07) is 9.78. The van der Waals surface area contributed by atoms with E-state index in [1.165, 1.54) is 11.1 Å². The Labute approximate surface area is 339 Å². The first-order valence-electron chi connectivity index (χ1n) is 21.1. The Balaban J connectivity index is 1.01. The van der Waals surface area contributed by atoms with Crippen LogP contribution in [0.1, 0.15) is 104 Å². The molecule has 2 aromatic carbocycles. The van der Waals surface area contributed by atoms with Gasteiger partial charge in [-0.1, -0.05) is 80.0 Å². The lowest BCUT2D eigenvalue weighted by atomic mass is 9.71. The van der Waals surface area contributed by atoms with Crippen molar-refractivity contribution in [3.05, 3.63) is 105 Å². The molecule has 2 aromatic rings. The average Bonchev–Trinajstić information content (AvgIpc) is 3.96. The van der Waals surface area contributed by atoms with Crippen molar-refractivity contribution in [3.63, 3.8) is 0 Å². The lowest BCUT2D eigenvalue weighted by molar-refractivity contribution is -0.891. The zero-order valence-corrected chi connectivity index (χ0v) is 32.8. The minimum Gasteiger partial charge on any atom is -0.437 e. The molecule has 11 atom stereocenters. The van der Waals surface area contributed by atoms with Crippen LogP contribution in [-0.4, -0.2) is 58.8 Å². The molecule has 0 saturated heterocycles. The molecule has 0 radical (unpaired) electrons. The third-order valence-corrected chi connectivity index (χ3v) is 13.9. The Morgan fingerprint density at radius 1 is 1.07 bits per heavy atom. The lowest BCUT2D eigenvalue weighted by Gasteiger charge is -2.38. The summed E-state index contributed by atoms with van der Waals surface area (Å²) in [7, 11) is 0. The van der Waals surface area contributed by atoms with Crippen molar-refractivity contribution >= 4 is 12.0 Å². The second kappa shape index (κ2) is 14.8. The van der Waals surface area contributed by atoms with E-state index in [1.54, 1.807) is 0 Å². The van der Waals surface area contributed by atoms with E-state index in [-0.39, 0.29) is 42.5 Å². The highest BCUT2D eigenvalue weighted by molar-refractivity contribution is 5.90. The van der Waals surface area contributed by atoms with Gasteiger partial charge in [0.05, 0.1) is 23.8 Å². The molecule has 11 unspecified atom stereocenters. The average molecular weight is 780 g/mol. The molecule has 10 nitrogen and oxygen atoms in total. The number of quaternary nitrogens is 1. The number of benzene rings is 2. The summed E-state index contributed by atoms with van der Waals surface area (Å²) in [6.07, 6.45) is 17.1. The molecule has 7 N–H and O–H groups in total. The highest BCUT2D eigenvalue weighted by Crippen LogP contribution is 2.49. The molecule has 0 amide bonds. The van der Waals surface area contributed by atoms with Crippen LogP contribution >= 0.6 is 0 Å². The van der Waals surface area contributed by atoms with Gasteiger partial charge in [-0.15, -0.1) is 0 Å². The smallest absolute Gasteiger partial charge is 0.252 e. The summed E-state index contributed by atoms with van der Waals surface area (Å²) in [6.45, 7) is 3.41. The second-order valence-electron chi connectivity index (χ2n) is 17.6. The Morgan fingerprint density at radius 2 is 1.91 bits per heavy atom. The number of carbonyl (C=O) groups is 1. The Kier molecular flexibility index (Phi) is 9.56. The van der Waals surface area contributed by atoms with Gasteiger partial charge in [0.2, 0.25) is 0 Å². The first kappa shape index (κ1) is 37.5. The first-order chi connectivity index (χ1) is 28.2. The molecule has 10 rings (SSSR count). The molecule has 58 heavy (non-hydrogen) atoms. The third kappa shape index (κ3) is 6.48. The predicted octanol–water partition coefficient (Wildman–Crippen LogP) is 3.92. The number of Topliss-reactive ketones (excluding diaryl/α,β-unsaturated/α-hetero) is 1. The van der Waals surface area contributed by atoms with Crippen molar-refractivity contribution in [2.45, 2.75) is 101 Å². The maximum absolute atomic E-state index is 13.2. The number of rotatable bonds is 6. The molecule has 3 aliphatic carbocycles. The van der Waals surface area contributed by atoms with Crippen molar-refractivity contribution in [1.82, 2.24) is 5.32 Å². The molecule has 8 aliphatic rings. The number of nitrogens with two attached hydrogens (primary N) is 1. The number of aliphatic hydroxyl groups excluding tert-OH is 3. The summed E-state index contributed by atoms with van der Waals surface area (Å²) in [4.78, 5) is 19.2. The summed E-state index contributed by atoms with van der Waals surface area (Å²) in [5.41, 5.74) is 14.3. The van der Waals surface area contributed by atoms with Gasteiger partial charge in [-0.05, 0) is 77.1 Å². The number of ketones is 1. The molecule has 5 aliphatic heterocycles.